The van der Waals surface area contributed by atoms with Crippen molar-refractivity contribution in [3.8, 4) is 23.0 Å². The van der Waals surface area contributed by atoms with E-state index >= 15 is 9.13 Å². The van der Waals surface area contributed by atoms with Crippen LogP contribution in [0.5, 0.6) is 23.0 Å². The number of ether oxygens (including phenoxy) is 1. The van der Waals surface area contributed by atoms with E-state index < -0.39 is 20.8 Å². The summed E-state index contributed by atoms with van der Waals surface area (Å²) in [7, 11) is -8.34. The highest BCUT2D eigenvalue weighted by Gasteiger charge is 2.44. The minimum atomic E-state index is -4.17. The lowest BCUT2D eigenvalue weighted by Gasteiger charge is -2.38. The Hall–Kier alpha value is -6.92. The summed E-state index contributed by atoms with van der Waals surface area (Å²) in [5.74, 6) is 1.36. The Kier molecular flexibility index (Phi) is 10.0. The van der Waals surface area contributed by atoms with Crippen molar-refractivity contribution in [1.82, 2.24) is 17.4 Å². The number of aryl methyl sites for hydroxylation is 4. The Balaban J connectivity index is 1.17. The van der Waals surface area contributed by atoms with Gasteiger partial charge in [-0.1, -0.05) is 126 Å². The molecule has 0 radical (unpaired) electrons. The number of hydrogen-bond acceptors (Lipinski definition) is 5. The minimum absolute atomic E-state index is 0.270. The van der Waals surface area contributed by atoms with Gasteiger partial charge in [0.25, 0.3) is 0 Å². The van der Waals surface area contributed by atoms with Gasteiger partial charge in [-0.05, 0) is 116 Å². The van der Waals surface area contributed by atoms with Crippen LogP contribution in [0.25, 0.3) is 49.2 Å². The van der Waals surface area contributed by atoms with E-state index in [1.807, 2.05) is 169 Å². The second kappa shape index (κ2) is 15.5. The summed E-state index contributed by atoms with van der Waals surface area (Å²) in [6.07, 6.45) is 7.69. The van der Waals surface area contributed by atoms with Crippen molar-refractivity contribution in [2.75, 3.05) is 0 Å². The van der Waals surface area contributed by atoms with Crippen molar-refractivity contribution in [2.45, 2.75) is 80.1 Å². The normalized spacial score (nSPS) is 13.8. The van der Waals surface area contributed by atoms with Gasteiger partial charge in [0.15, 0.2) is 23.0 Å². The predicted octanol–water partition coefficient (Wildman–Crippen LogP) is 16.7. The van der Waals surface area contributed by atoms with Crippen LogP contribution in [0.4, 0.5) is 0 Å². The van der Waals surface area contributed by atoms with E-state index in [2.05, 4.69) is 53.3 Å². The van der Waals surface area contributed by atoms with Crippen LogP contribution in [0.15, 0.2) is 153 Å². The number of para-hydroxylation sites is 4. The zero-order valence-corrected chi connectivity index (χ0v) is 42.6. The third-order valence-electron chi connectivity index (χ3n) is 14.1. The highest BCUT2D eigenvalue weighted by Crippen LogP contribution is 2.63. The van der Waals surface area contributed by atoms with Gasteiger partial charge in [-0.3, -0.25) is 0 Å². The fraction of sp³-hybridized carbons (Fsp3) is 0.207. The molecule has 0 amide bonds. The predicted molar refractivity (Wildman–Crippen MR) is 283 cm³/mol. The van der Waals surface area contributed by atoms with Crippen LogP contribution in [0.2, 0.25) is 0 Å². The average molecular weight is 951 g/mol. The molecule has 0 spiro atoms. The summed E-state index contributed by atoms with van der Waals surface area (Å²) in [4.78, 5) is 0. The summed E-state index contributed by atoms with van der Waals surface area (Å²) < 4.78 is 62.6. The van der Waals surface area contributed by atoms with Crippen LogP contribution in [0.3, 0.4) is 0 Å². The Morgan fingerprint density at radius 2 is 0.870 bits per heavy atom. The molecule has 0 bridgehead atoms. The molecule has 0 N–H and O–H groups in total. The number of hydrogen-bond donors (Lipinski definition) is 0. The number of rotatable bonds is 9. The number of benzene rings is 6. The van der Waals surface area contributed by atoms with Crippen LogP contribution in [0, 0.1) is 27.7 Å². The molecule has 6 aromatic carbocycles. The first-order valence-electron chi connectivity index (χ1n) is 23.4. The van der Waals surface area contributed by atoms with Gasteiger partial charge in [-0.25, -0.2) is 26.5 Å². The van der Waals surface area contributed by atoms with Crippen LogP contribution in [-0.4, -0.2) is 17.4 Å². The molecule has 69 heavy (non-hydrogen) atoms. The molecular weight excluding hydrogens is 895 g/mol. The monoisotopic (exact) mass is 950 g/mol. The van der Waals surface area contributed by atoms with Gasteiger partial charge < -0.3 is 13.8 Å². The van der Waals surface area contributed by atoms with Gasteiger partial charge >= 0.3 is 15.3 Å². The summed E-state index contributed by atoms with van der Waals surface area (Å²) in [5, 5.41) is 3.88. The third kappa shape index (κ3) is 6.80. The highest BCUT2D eigenvalue weighted by atomic mass is 31.2. The van der Waals surface area contributed by atoms with E-state index in [1.165, 1.54) is 0 Å². The topological polar surface area (TPSA) is 81.5 Å². The van der Waals surface area contributed by atoms with E-state index in [4.69, 9.17) is 13.8 Å². The molecule has 5 heterocycles. The van der Waals surface area contributed by atoms with Gasteiger partial charge in [0, 0.05) is 62.9 Å². The zero-order chi connectivity index (χ0) is 48.5. The molecule has 0 saturated carbocycles. The molecular formula is C58H56N4O5P2. The van der Waals surface area contributed by atoms with E-state index in [-0.39, 0.29) is 11.2 Å². The quantitative estimate of drug-likeness (QED) is 0.135. The summed E-state index contributed by atoms with van der Waals surface area (Å²) in [5.41, 5.74) is 10.1. The Labute approximate surface area is 403 Å². The van der Waals surface area contributed by atoms with Crippen LogP contribution >= 0.6 is 15.3 Å². The van der Waals surface area contributed by atoms with Crippen LogP contribution in [0.1, 0.15) is 86.1 Å². The first-order valence-corrected chi connectivity index (χ1v) is 26.5. The van der Waals surface area contributed by atoms with Gasteiger partial charge in [0.1, 0.15) is 0 Å². The molecule has 0 fully saturated rings. The van der Waals surface area contributed by atoms with E-state index in [0.717, 1.165) is 93.7 Å². The number of aromatic nitrogens is 4. The molecule has 1 aliphatic heterocycles. The molecule has 9 nitrogen and oxygen atoms in total. The lowest BCUT2D eigenvalue weighted by atomic mass is 9.73. The number of nitrogens with zero attached hydrogens (tertiary/aromatic N) is 4. The van der Waals surface area contributed by atoms with Gasteiger partial charge in [0.2, 0.25) is 0 Å². The summed E-state index contributed by atoms with van der Waals surface area (Å²) in [6, 6.07) is 40.0. The Morgan fingerprint density at radius 3 is 1.22 bits per heavy atom. The molecule has 0 aliphatic carbocycles. The lowest BCUT2D eigenvalue weighted by Crippen LogP contribution is -2.27. The van der Waals surface area contributed by atoms with E-state index in [9.17, 15) is 0 Å². The lowest BCUT2D eigenvalue weighted by molar-refractivity contribution is 0.370. The van der Waals surface area contributed by atoms with Crippen LogP contribution in [-0.2, 0) is 20.0 Å². The summed E-state index contributed by atoms with van der Waals surface area (Å²) >= 11 is 0. The molecule has 4 aromatic heterocycles. The van der Waals surface area contributed by atoms with Crippen molar-refractivity contribution < 1.29 is 22.9 Å². The number of allylic oxidation sites excluding steroid dienone is 1. The first kappa shape index (κ1) is 44.6. The molecule has 348 valence electrons. The van der Waals surface area contributed by atoms with Crippen molar-refractivity contribution in [2.24, 2.45) is 0 Å². The largest absolute Gasteiger partial charge is 0.457 e. The molecule has 11 rings (SSSR count). The fourth-order valence-electron chi connectivity index (χ4n) is 10.2. The van der Waals surface area contributed by atoms with Crippen LogP contribution < -0.4 is 13.8 Å². The minimum Gasteiger partial charge on any atom is -0.449 e. The SMILES string of the molecule is C=C(C)c1cc(OP(=O)(n2cc(C)c3ccccc32)n2cc(C)c3ccccc32)c2c(c1)C(C)(C)c1cc(C(C)(C)C)cc(OP(=O)(n3cc(C)c4ccccc43)n3cc(C)c4ccccc43)c1O2. The average Bonchev–Trinajstić information content (AvgIpc) is 4.07. The number of fused-ring (bicyclic) bond motifs is 6. The molecule has 11 heteroatoms. The second-order valence-electron chi connectivity index (χ2n) is 20.3. The Bertz CT molecular complexity index is 3720. The maximum atomic E-state index is 16.8. The van der Waals surface area contributed by atoms with Gasteiger partial charge in [0.05, 0.1) is 22.1 Å². The fourth-order valence-corrected chi connectivity index (χ4v) is 14.8. The molecule has 10 aromatic rings. The van der Waals surface area contributed by atoms with E-state index in [0.29, 0.717) is 17.2 Å². The molecule has 0 atom stereocenters. The third-order valence-corrected chi connectivity index (χ3v) is 18.5. The smallest absolute Gasteiger partial charge is 0.449 e. The van der Waals surface area contributed by atoms with Gasteiger partial charge in [-0.15, -0.1) is 0 Å². The first-order chi connectivity index (χ1) is 32.8. The van der Waals surface area contributed by atoms with Crippen molar-refractivity contribution >= 4 is 64.5 Å². The Morgan fingerprint density at radius 1 is 0.536 bits per heavy atom. The van der Waals surface area contributed by atoms with E-state index in [1.54, 1.807) is 17.4 Å². The van der Waals surface area contributed by atoms with Gasteiger partial charge in [-0.2, -0.15) is 0 Å². The van der Waals surface area contributed by atoms with Crippen molar-refractivity contribution in [3.05, 3.63) is 197 Å². The second-order valence-corrected chi connectivity index (χ2v) is 24.4. The maximum Gasteiger partial charge on any atom is 0.457 e. The van der Waals surface area contributed by atoms with Crippen molar-refractivity contribution in [1.29, 1.82) is 0 Å². The molecule has 1 aliphatic rings. The highest BCUT2D eigenvalue weighted by molar-refractivity contribution is 7.57. The molecule has 0 unspecified atom stereocenters. The standard InChI is InChI=1S/C58H56N4O5P2/c1-36(2)41-28-47-55(53(29-41)66-68(63,59-32-37(3)43-20-12-16-24-49(43)59)60-33-38(4)44-21-13-17-25-50(44)60)65-56-48(58(47,10)11)30-42(57(7,8)9)31-54(56)67-69(64,61-34-39(5)45-22-14-18-26-51(45)61)62-35-40(6)46-23-15-19-27-52(46)62/h12-35H,1H2,2-11H3. The molecule has 0 saturated heterocycles. The van der Waals surface area contributed by atoms with Crippen molar-refractivity contribution in [3.63, 3.8) is 0 Å². The maximum absolute atomic E-state index is 16.8. The summed E-state index contributed by atoms with van der Waals surface area (Å²) in [6.45, 7) is 25.3. The zero-order valence-electron chi connectivity index (χ0n) is 40.8.